The molecule has 0 saturated carbocycles. The first-order valence-corrected chi connectivity index (χ1v) is 8.14. The number of amides is 1. The van der Waals surface area contributed by atoms with Gasteiger partial charge < -0.3 is 15.2 Å². The van der Waals surface area contributed by atoms with E-state index in [4.69, 9.17) is 9.84 Å². The van der Waals surface area contributed by atoms with Gasteiger partial charge in [0.1, 0.15) is 5.75 Å². The van der Waals surface area contributed by atoms with E-state index in [1.165, 1.54) is 0 Å². The van der Waals surface area contributed by atoms with E-state index < -0.39 is 11.9 Å². The molecule has 0 saturated heterocycles. The Kier molecular flexibility index (Phi) is 6.17. The highest BCUT2D eigenvalue weighted by atomic mass is 16.5. The summed E-state index contributed by atoms with van der Waals surface area (Å²) >= 11 is 0. The number of carboxylic acids is 1. The molecule has 5 nitrogen and oxygen atoms in total. The van der Waals surface area contributed by atoms with Crippen LogP contribution in [0.2, 0.25) is 0 Å². The van der Waals surface area contributed by atoms with E-state index in [1.807, 2.05) is 37.3 Å². The molecule has 2 aromatic rings. The van der Waals surface area contributed by atoms with E-state index in [0.717, 1.165) is 16.7 Å². The quantitative estimate of drug-likeness (QED) is 0.809. The molecule has 132 valence electrons. The van der Waals surface area contributed by atoms with Crippen molar-refractivity contribution in [3.63, 3.8) is 0 Å². The number of carbonyl (C=O) groups excluding carboxylic acids is 1. The van der Waals surface area contributed by atoms with Gasteiger partial charge in [0, 0.05) is 11.3 Å². The lowest BCUT2D eigenvalue weighted by Crippen LogP contribution is -2.15. The van der Waals surface area contributed by atoms with Crippen molar-refractivity contribution in [3.05, 3.63) is 59.2 Å². The molecule has 1 atom stereocenters. The third-order valence-corrected chi connectivity index (χ3v) is 3.99. The molecular weight excluding hydrogens is 318 g/mol. The van der Waals surface area contributed by atoms with E-state index >= 15 is 0 Å². The zero-order chi connectivity index (χ0) is 18.4. The summed E-state index contributed by atoms with van der Waals surface area (Å²) in [7, 11) is 1.59. The van der Waals surface area contributed by atoms with Crippen molar-refractivity contribution in [2.75, 3.05) is 12.4 Å². The summed E-state index contributed by atoms with van der Waals surface area (Å²) in [5, 5.41) is 11.8. The SMILES string of the molecule is COc1ccc(C)cc1CC(=O)Nc1ccc(CC(C)C(=O)O)cc1. The van der Waals surface area contributed by atoms with Crippen LogP contribution in [0.25, 0.3) is 0 Å². The standard InChI is InChI=1S/C20H23NO4/c1-13-4-9-18(25-3)16(10-13)12-19(22)21-17-7-5-15(6-8-17)11-14(2)20(23)24/h4-10,14H,11-12H2,1-3H3,(H,21,22)(H,23,24). The van der Waals surface area contributed by atoms with E-state index in [1.54, 1.807) is 26.2 Å². The molecule has 2 aromatic carbocycles. The normalized spacial score (nSPS) is 11.6. The average Bonchev–Trinajstić information content (AvgIpc) is 2.56. The second-order valence-corrected chi connectivity index (χ2v) is 6.18. The number of methoxy groups -OCH3 is 1. The Morgan fingerprint density at radius 2 is 1.84 bits per heavy atom. The Hall–Kier alpha value is -2.82. The Balaban J connectivity index is 1.99. The summed E-state index contributed by atoms with van der Waals surface area (Å²) in [4.78, 5) is 23.2. The first-order valence-electron chi connectivity index (χ1n) is 8.14. The molecule has 25 heavy (non-hydrogen) atoms. The highest BCUT2D eigenvalue weighted by Crippen LogP contribution is 2.21. The van der Waals surface area contributed by atoms with Gasteiger partial charge in [-0.25, -0.2) is 0 Å². The van der Waals surface area contributed by atoms with Gasteiger partial charge in [-0.1, -0.05) is 36.8 Å². The number of aliphatic carboxylic acids is 1. The molecule has 0 radical (unpaired) electrons. The fourth-order valence-electron chi connectivity index (χ4n) is 2.59. The van der Waals surface area contributed by atoms with Crippen molar-refractivity contribution in [2.45, 2.75) is 26.7 Å². The molecule has 1 amide bonds. The van der Waals surface area contributed by atoms with Crippen LogP contribution in [0, 0.1) is 12.8 Å². The predicted octanol–water partition coefficient (Wildman–Crippen LogP) is 3.45. The van der Waals surface area contributed by atoms with Gasteiger partial charge in [-0.05, 0) is 37.1 Å². The van der Waals surface area contributed by atoms with Gasteiger partial charge in [-0.2, -0.15) is 0 Å². The van der Waals surface area contributed by atoms with Gasteiger partial charge >= 0.3 is 5.97 Å². The number of carbonyl (C=O) groups is 2. The monoisotopic (exact) mass is 341 g/mol. The van der Waals surface area contributed by atoms with Crippen molar-refractivity contribution in [1.29, 1.82) is 0 Å². The van der Waals surface area contributed by atoms with Crippen LogP contribution in [0.5, 0.6) is 5.75 Å². The van der Waals surface area contributed by atoms with Crippen LogP contribution in [0.15, 0.2) is 42.5 Å². The Morgan fingerprint density at radius 3 is 2.44 bits per heavy atom. The Morgan fingerprint density at radius 1 is 1.16 bits per heavy atom. The number of hydrogen-bond donors (Lipinski definition) is 2. The first kappa shape index (κ1) is 18.5. The van der Waals surface area contributed by atoms with E-state index in [9.17, 15) is 9.59 Å². The number of hydrogen-bond acceptors (Lipinski definition) is 3. The molecule has 0 aliphatic rings. The van der Waals surface area contributed by atoms with Gasteiger partial charge in [0.05, 0.1) is 19.4 Å². The fraction of sp³-hybridized carbons (Fsp3) is 0.300. The molecule has 2 rings (SSSR count). The number of aryl methyl sites for hydroxylation is 1. The number of ether oxygens (including phenoxy) is 1. The molecule has 1 unspecified atom stereocenters. The van der Waals surface area contributed by atoms with Gasteiger partial charge in [0.2, 0.25) is 5.91 Å². The molecule has 0 aliphatic carbocycles. The summed E-state index contributed by atoms with van der Waals surface area (Å²) in [6.45, 7) is 3.64. The van der Waals surface area contributed by atoms with Crippen molar-refractivity contribution in [1.82, 2.24) is 0 Å². The van der Waals surface area contributed by atoms with Crippen LogP contribution in [-0.2, 0) is 22.4 Å². The summed E-state index contributed by atoms with van der Waals surface area (Å²) in [5.41, 5.74) is 3.52. The molecule has 0 aliphatic heterocycles. The lowest BCUT2D eigenvalue weighted by molar-refractivity contribution is -0.141. The van der Waals surface area contributed by atoms with Crippen LogP contribution < -0.4 is 10.1 Å². The predicted molar refractivity (Wildman–Crippen MR) is 97.0 cm³/mol. The average molecular weight is 341 g/mol. The van der Waals surface area contributed by atoms with Gasteiger partial charge in [0.15, 0.2) is 0 Å². The smallest absolute Gasteiger partial charge is 0.306 e. The second-order valence-electron chi connectivity index (χ2n) is 6.18. The molecule has 0 spiro atoms. The first-order chi connectivity index (χ1) is 11.9. The number of anilines is 1. The zero-order valence-electron chi connectivity index (χ0n) is 14.7. The van der Waals surface area contributed by atoms with Crippen LogP contribution in [0.4, 0.5) is 5.69 Å². The van der Waals surface area contributed by atoms with Gasteiger partial charge in [0.25, 0.3) is 0 Å². The van der Waals surface area contributed by atoms with Crippen molar-refractivity contribution < 1.29 is 19.4 Å². The molecule has 0 bridgehead atoms. The van der Waals surface area contributed by atoms with E-state index in [0.29, 0.717) is 17.9 Å². The minimum absolute atomic E-state index is 0.129. The van der Waals surface area contributed by atoms with Crippen molar-refractivity contribution in [2.24, 2.45) is 5.92 Å². The van der Waals surface area contributed by atoms with Gasteiger partial charge in [-0.3, -0.25) is 9.59 Å². The maximum Gasteiger partial charge on any atom is 0.306 e. The minimum atomic E-state index is -0.815. The number of rotatable bonds is 7. The Labute approximate surface area is 147 Å². The van der Waals surface area contributed by atoms with Crippen molar-refractivity contribution in [3.8, 4) is 5.75 Å². The zero-order valence-corrected chi connectivity index (χ0v) is 14.7. The lowest BCUT2D eigenvalue weighted by Gasteiger charge is -2.11. The second kappa shape index (κ2) is 8.33. The van der Waals surface area contributed by atoms with Crippen LogP contribution in [-0.4, -0.2) is 24.1 Å². The third kappa shape index (κ3) is 5.35. The Bertz CT molecular complexity index is 753. The summed E-state index contributed by atoms with van der Waals surface area (Å²) in [6.07, 6.45) is 0.687. The maximum absolute atomic E-state index is 12.3. The lowest BCUT2D eigenvalue weighted by atomic mass is 10.0. The van der Waals surface area contributed by atoms with Gasteiger partial charge in [-0.15, -0.1) is 0 Å². The molecule has 0 fully saturated rings. The number of nitrogens with one attached hydrogen (secondary N) is 1. The van der Waals surface area contributed by atoms with Crippen LogP contribution in [0.1, 0.15) is 23.6 Å². The topological polar surface area (TPSA) is 75.6 Å². The molecule has 5 heteroatoms. The molecule has 0 aromatic heterocycles. The van der Waals surface area contributed by atoms with E-state index in [-0.39, 0.29) is 12.3 Å². The molecular formula is C20H23NO4. The summed E-state index contributed by atoms with van der Waals surface area (Å²) < 4.78 is 5.30. The largest absolute Gasteiger partial charge is 0.496 e. The number of carboxylic acid groups (broad SMARTS) is 1. The fourth-order valence-corrected chi connectivity index (χ4v) is 2.59. The summed E-state index contributed by atoms with van der Waals surface area (Å²) in [5.74, 6) is -0.687. The van der Waals surface area contributed by atoms with E-state index in [2.05, 4.69) is 5.32 Å². The maximum atomic E-state index is 12.3. The third-order valence-electron chi connectivity index (χ3n) is 3.99. The minimum Gasteiger partial charge on any atom is -0.496 e. The molecule has 0 heterocycles. The highest BCUT2D eigenvalue weighted by molar-refractivity contribution is 5.92. The summed E-state index contributed by atoms with van der Waals surface area (Å²) in [6, 6.07) is 13.0. The van der Waals surface area contributed by atoms with Crippen LogP contribution in [0.3, 0.4) is 0 Å². The molecule has 2 N–H and O–H groups in total. The van der Waals surface area contributed by atoms with Crippen LogP contribution >= 0.6 is 0 Å². The highest BCUT2D eigenvalue weighted by Gasteiger charge is 2.12. The number of benzene rings is 2. The van der Waals surface area contributed by atoms with Crippen molar-refractivity contribution >= 4 is 17.6 Å².